The SMILES string of the molecule is OC(Cc1cc(F)ccc1Br)c1ccncn1. The average Bonchev–Trinajstić information content (AvgIpc) is 2.35. The Morgan fingerprint density at radius 2 is 2.18 bits per heavy atom. The molecule has 1 N–H and O–H groups in total. The number of aromatic nitrogens is 2. The Labute approximate surface area is 106 Å². The van der Waals surface area contributed by atoms with Crippen LogP contribution in [0.4, 0.5) is 4.39 Å². The van der Waals surface area contributed by atoms with E-state index in [2.05, 4.69) is 25.9 Å². The summed E-state index contributed by atoms with van der Waals surface area (Å²) in [5.41, 5.74) is 1.23. The van der Waals surface area contributed by atoms with Crippen LogP contribution in [-0.4, -0.2) is 15.1 Å². The predicted molar refractivity (Wildman–Crippen MR) is 64.8 cm³/mol. The third-order valence-electron chi connectivity index (χ3n) is 2.37. The van der Waals surface area contributed by atoms with E-state index in [1.165, 1.54) is 18.5 Å². The minimum Gasteiger partial charge on any atom is -0.386 e. The van der Waals surface area contributed by atoms with Gasteiger partial charge in [-0.1, -0.05) is 15.9 Å². The maximum Gasteiger partial charge on any atom is 0.123 e. The van der Waals surface area contributed by atoms with Crippen LogP contribution >= 0.6 is 15.9 Å². The molecule has 0 fully saturated rings. The Morgan fingerprint density at radius 1 is 1.35 bits per heavy atom. The van der Waals surface area contributed by atoms with Crippen molar-refractivity contribution >= 4 is 15.9 Å². The summed E-state index contributed by atoms with van der Waals surface area (Å²) in [6.07, 6.45) is 2.47. The number of aliphatic hydroxyl groups is 1. The third-order valence-corrected chi connectivity index (χ3v) is 3.14. The van der Waals surface area contributed by atoms with Gasteiger partial charge < -0.3 is 5.11 Å². The van der Waals surface area contributed by atoms with E-state index in [4.69, 9.17) is 0 Å². The van der Waals surface area contributed by atoms with Gasteiger partial charge in [0.25, 0.3) is 0 Å². The van der Waals surface area contributed by atoms with E-state index >= 15 is 0 Å². The average molecular weight is 297 g/mol. The van der Waals surface area contributed by atoms with Crippen LogP contribution in [0, 0.1) is 5.82 Å². The van der Waals surface area contributed by atoms with E-state index in [0.29, 0.717) is 17.7 Å². The molecule has 0 spiro atoms. The Bertz CT molecular complexity index is 507. The van der Waals surface area contributed by atoms with E-state index in [9.17, 15) is 9.50 Å². The number of nitrogens with zero attached hydrogens (tertiary/aromatic N) is 2. The molecule has 0 saturated carbocycles. The van der Waals surface area contributed by atoms with Crippen molar-refractivity contribution in [1.29, 1.82) is 0 Å². The maximum absolute atomic E-state index is 13.1. The number of aliphatic hydroxyl groups excluding tert-OH is 1. The molecule has 0 bridgehead atoms. The molecule has 0 aliphatic carbocycles. The van der Waals surface area contributed by atoms with E-state index in [0.717, 1.165) is 4.47 Å². The summed E-state index contributed by atoms with van der Waals surface area (Å²) in [6.45, 7) is 0. The molecular formula is C12H10BrFN2O. The number of hydrogen-bond acceptors (Lipinski definition) is 3. The first-order chi connectivity index (χ1) is 8.16. The molecule has 1 heterocycles. The second-order valence-electron chi connectivity index (χ2n) is 3.59. The van der Waals surface area contributed by atoms with Crippen molar-refractivity contribution in [2.45, 2.75) is 12.5 Å². The van der Waals surface area contributed by atoms with Gasteiger partial charge in [-0.2, -0.15) is 0 Å². The van der Waals surface area contributed by atoms with Gasteiger partial charge in [0.05, 0.1) is 5.69 Å². The number of rotatable bonds is 3. The molecule has 0 radical (unpaired) electrons. The highest BCUT2D eigenvalue weighted by Gasteiger charge is 2.12. The van der Waals surface area contributed by atoms with Crippen LogP contribution in [-0.2, 0) is 6.42 Å². The quantitative estimate of drug-likeness (QED) is 0.947. The van der Waals surface area contributed by atoms with Gasteiger partial charge in [-0.15, -0.1) is 0 Å². The summed E-state index contributed by atoms with van der Waals surface area (Å²) in [6, 6.07) is 6.02. The second-order valence-corrected chi connectivity index (χ2v) is 4.44. The first kappa shape index (κ1) is 12.1. The van der Waals surface area contributed by atoms with Gasteiger partial charge in [-0.3, -0.25) is 0 Å². The molecular weight excluding hydrogens is 287 g/mol. The molecule has 3 nitrogen and oxygen atoms in total. The molecule has 0 saturated heterocycles. The lowest BCUT2D eigenvalue weighted by Gasteiger charge is -2.11. The van der Waals surface area contributed by atoms with E-state index in [1.54, 1.807) is 18.3 Å². The van der Waals surface area contributed by atoms with Crippen LogP contribution in [0.25, 0.3) is 0 Å². The fourth-order valence-electron chi connectivity index (χ4n) is 1.51. The van der Waals surface area contributed by atoms with Gasteiger partial charge in [0.2, 0.25) is 0 Å². The normalized spacial score (nSPS) is 12.4. The third kappa shape index (κ3) is 3.08. The lowest BCUT2D eigenvalue weighted by molar-refractivity contribution is 0.173. The number of hydrogen-bond donors (Lipinski definition) is 1. The zero-order valence-electron chi connectivity index (χ0n) is 8.85. The fraction of sp³-hybridized carbons (Fsp3) is 0.167. The molecule has 0 amide bonds. The first-order valence-electron chi connectivity index (χ1n) is 5.04. The van der Waals surface area contributed by atoms with Gasteiger partial charge in [0.1, 0.15) is 18.2 Å². The van der Waals surface area contributed by atoms with Crippen LogP contribution in [0.5, 0.6) is 0 Å². The topological polar surface area (TPSA) is 46.0 Å². The smallest absolute Gasteiger partial charge is 0.123 e. The molecule has 1 aromatic heterocycles. The molecule has 88 valence electrons. The molecule has 0 aliphatic rings. The Hall–Kier alpha value is -1.33. The Morgan fingerprint density at radius 3 is 2.88 bits per heavy atom. The van der Waals surface area contributed by atoms with Crippen LogP contribution in [0.2, 0.25) is 0 Å². The van der Waals surface area contributed by atoms with E-state index in [-0.39, 0.29) is 5.82 Å². The lowest BCUT2D eigenvalue weighted by Crippen LogP contribution is -2.05. The van der Waals surface area contributed by atoms with Crippen molar-refractivity contribution in [2.24, 2.45) is 0 Å². The van der Waals surface area contributed by atoms with Gasteiger partial charge in [-0.25, -0.2) is 14.4 Å². The van der Waals surface area contributed by atoms with Gasteiger partial charge in [-0.05, 0) is 29.8 Å². The zero-order chi connectivity index (χ0) is 12.3. The summed E-state index contributed by atoms with van der Waals surface area (Å²) in [7, 11) is 0. The van der Waals surface area contributed by atoms with Gasteiger partial charge in [0.15, 0.2) is 0 Å². The summed E-state index contributed by atoms with van der Waals surface area (Å²) < 4.78 is 13.8. The summed E-state index contributed by atoms with van der Waals surface area (Å²) >= 11 is 3.32. The van der Waals surface area contributed by atoms with Gasteiger partial charge in [0, 0.05) is 17.1 Å². The summed E-state index contributed by atoms with van der Waals surface area (Å²) in [5, 5.41) is 9.96. The summed E-state index contributed by atoms with van der Waals surface area (Å²) in [5.74, 6) is -0.321. The van der Waals surface area contributed by atoms with Crippen molar-refractivity contribution in [3.05, 3.63) is 58.3 Å². The minimum atomic E-state index is -0.768. The van der Waals surface area contributed by atoms with Crippen molar-refractivity contribution in [2.75, 3.05) is 0 Å². The van der Waals surface area contributed by atoms with E-state index < -0.39 is 6.10 Å². The monoisotopic (exact) mass is 296 g/mol. The van der Waals surface area contributed by atoms with Crippen molar-refractivity contribution in [1.82, 2.24) is 9.97 Å². The van der Waals surface area contributed by atoms with Crippen LogP contribution in [0.1, 0.15) is 17.4 Å². The molecule has 17 heavy (non-hydrogen) atoms. The van der Waals surface area contributed by atoms with Crippen molar-refractivity contribution in [3.8, 4) is 0 Å². The Kier molecular flexibility index (Phi) is 3.81. The standard InChI is InChI=1S/C12H10BrFN2O/c13-10-2-1-9(14)5-8(10)6-12(17)11-3-4-15-7-16-11/h1-5,7,12,17H,6H2. The van der Waals surface area contributed by atoms with Crippen molar-refractivity contribution in [3.63, 3.8) is 0 Å². The number of halogens is 2. The minimum absolute atomic E-state index is 0.301. The highest BCUT2D eigenvalue weighted by molar-refractivity contribution is 9.10. The van der Waals surface area contributed by atoms with E-state index in [1.807, 2.05) is 0 Å². The van der Waals surface area contributed by atoms with Gasteiger partial charge >= 0.3 is 0 Å². The Balaban J connectivity index is 2.18. The summed E-state index contributed by atoms with van der Waals surface area (Å²) in [4.78, 5) is 7.73. The molecule has 1 unspecified atom stereocenters. The van der Waals surface area contributed by atoms with Crippen LogP contribution < -0.4 is 0 Å². The van der Waals surface area contributed by atoms with Crippen molar-refractivity contribution < 1.29 is 9.50 Å². The molecule has 2 aromatic rings. The molecule has 5 heteroatoms. The molecule has 1 aromatic carbocycles. The molecule has 2 rings (SSSR count). The highest BCUT2D eigenvalue weighted by atomic mass is 79.9. The molecule has 1 atom stereocenters. The zero-order valence-corrected chi connectivity index (χ0v) is 10.4. The number of benzene rings is 1. The molecule has 0 aliphatic heterocycles. The fourth-order valence-corrected chi connectivity index (χ4v) is 1.92. The highest BCUT2D eigenvalue weighted by Crippen LogP contribution is 2.23. The van der Waals surface area contributed by atoms with Crippen LogP contribution in [0.15, 0.2) is 41.3 Å². The predicted octanol–water partition coefficient (Wildman–Crippen LogP) is 2.65. The second kappa shape index (κ2) is 5.33. The largest absolute Gasteiger partial charge is 0.386 e. The lowest BCUT2D eigenvalue weighted by atomic mass is 10.1. The first-order valence-corrected chi connectivity index (χ1v) is 5.84. The maximum atomic E-state index is 13.1. The van der Waals surface area contributed by atoms with Crippen LogP contribution in [0.3, 0.4) is 0 Å².